The maximum Gasteiger partial charge on any atom is 0.514 e. The summed E-state index contributed by atoms with van der Waals surface area (Å²) in [6.07, 6.45) is -1.72. The number of hydrogen-bond acceptors (Lipinski definition) is 10. The molecule has 0 aliphatic carbocycles. The molecule has 166 valence electrons. The van der Waals surface area contributed by atoms with Crippen LogP contribution in [0.3, 0.4) is 0 Å². The van der Waals surface area contributed by atoms with Crippen molar-refractivity contribution in [1.29, 1.82) is 5.26 Å². The number of phenolic OH excluding ortho intramolecular Hbond substituents is 1. The van der Waals surface area contributed by atoms with Gasteiger partial charge in [0.15, 0.2) is 11.9 Å². The highest BCUT2D eigenvalue weighted by Crippen LogP contribution is 2.38. The van der Waals surface area contributed by atoms with Crippen molar-refractivity contribution in [3.8, 4) is 17.6 Å². The largest absolute Gasteiger partial charge is 0.514 e. The van der Waals surface area contributed by atoms with Crippen LogP contribution in [0.25, 0.3) is 6.08 Å². The number of carbonyl (C=O) groups is 3. The van der Waals surface area contributed by atoms with Crippen LogP contribution in [0.5, 0.6) is 11.5 Å². The van der Waals surface area contributed by atoms with Gasteiger partial charge >= 0.3 is 17.8 Å². The molecule has 0 fully saturated rings. The van der Waals surface area contributed by atoms with Crippen molar-refractivity contribution < 1.29 is 38.6 Å². The number of nitrogens with zero attached hydrogens (tertiary/aromatic N) is 3. The van der Waals surface area contributed by atoms with Crippen LogP contribution < -0.4 is 4.74 Å². The molecule has 0 aromatic heterocycles. The number of nitriles is 1. The van der Waals surface area contributed by atoms with E-state index in [0.717, 1.165) is 25.3 Å². The van der Waals surface area contributed by atoms with Crippen molar-refractivity contribution in [3.05, 3.63) is 33.4 Å². The second kappa shape index (κ2) is 11.1. The van der Waals surface area contributed by atoms with Crippen molar-refractivity contribution >= 4 is 29.8 Å². The molecule has 0 aliphatic rings. The van der Waals surface area contributed by atoms with E-state index in [1.54, 1.807) is 19.9 Å². The standard InChI is InChI=1S/C19H21N3O9/c1-5-21(6-2)17(24)13(10-20)7-12-8-14(22(27)28)16(23)15(9-12)31-19(26)30-11(3)18(25)29-4/h7-9,11,23H,5-6H2,1-4H3. The zero-order chi connectivity index (χ0) is 23.7. The van der Waals surface area contributed by atoms with Crippen molar-refractivity contribution in [2.75, 3.05) is 20.2 Å². The average Bonchev–Trinajstić information content (AvgIpc) is 2.73. The number of ether oxygens (including phenoxy) is 3. The molecule has 1 rings (SSSR count). The number of esters is 1. The summed E-state index contributed by atoms with van der Waals surface area (Å²) in [4.78, 5) is 47.3. The maximum absolute atomic E-state index is 12.4. The minimum atomic E-state index is -1.44. The summed E-state index contributed by atoms with van der Waals surface area (Å²) in [6, 6.07) is 3.62. The van der Waals surface area contributed by atoms with Gasteiger partial charge in [0.05, 0.1) is 12.0 Å². The number of aromatic hydroxyl groups is 1. The molecule has 12 nitrogen and oxygen atoms in total. The number of benzene rings is 1. The molecule has 0 heterocycles. The van der Waals surface area contributed by atoms with Gasteiger partial charge in [-0.3, -0.25) is 14.9 Å². The average molecular weight is 435 g/mol. The van der Waals surface area contributed by atoms with Crippen LogP contribution >= 0.6 is 0 Å². The van der Waals surface area contributed by atoms with E-state index in [4.69, 9.17) is 4.74 Å². The van der Waals surface area contributed by atoms with Crippen molar-refractivity contribution in [1.82, 2.24) is 4.90 Å². The summed E-state index contributed by atoms with van der Waals surface area (Å²) < 4.78 is 13.8. The van der Waals surface area contributed by atoms with E-state index in [1.165, 1.54) is 11.8 Å². The predicted octanol–water partition coefficient (Wildman–Crippen LogP) is 2.15. The molecule has 1 aromatic rings. The Balaban J connectivity index is 3.36. The number of nitro groups is 1. The van der Waals surface area contributed by atoms with Crippen LogP contribution in [-0.2, 0) is 19.1 Å². The monoisotopic (exact) mass is 435 g/mol. The van der Waals surface area contributed by atoms with Gasteiger partial charge in [-0.05, 0) is 38.5 Å². The number of carbonyl (C=O) groups excluding carboxylic acids is 3. The van der Waals surface area contributed by atoms with Gasteiger partial charge in [0.25, 0.3) is 5.91 Å². The summed E-state index contributed by atoms with van der Waals surface area (Å²) in [6.45, 7) is 5.31. The second-order valence-electron chi connectivity index (χ2n) is 5.93. The molecule has 0 spiro atoms. The van der Waals surface area contributed by atoms with Crippen LogP contribution in [0.1, 0.15) is 26.3 Å². The van der Waals surface area contributed by atoms with Crippen LogP contribution in [0.2, 0.25) is 0 Å². The molecular formula is C19H21N3O9. The Morgan fingerprint density at radius 2 is 1.94 bits per heavy atom. The number of likely N-dealkylation sites (N-methyl/N-ethyl adjacent to an activating group) is 1. The fraction of sp³-hybridized carbons (Fsp3) is 0.368. The van der Waals surface area contributed by atoms with E-state index in [9.17, 15) is 34.9 Å². The third-order valence-electron chi connectivity index (χ3n) is 3.99. The van der Waals surface area contributed by atoms with Crippen molar-refractivity contribution in [2.45, 2.75) is 26.9 Å². The first kappa shape index (κ1) is 24.9. The van der Waals surface area contributed by atoms with Crippen molar-refractivity contribution in [3.63, 3.8) is 0 Å². The molecule has 0 saturated heterocycles. The number of amides is 1. The maximum atomic E-state index is 12.4. The van der Waals surface area contributed by atoms with E-state index in [2.05, 4.69) is 9.47 Å². The molecule has 0 bridgehead atoms. The summed E-state index contributed by atoms with van der Waals surface area (Å²) in [7, 11) is 1.07. The quantitative estimate of drug-likeness (QED) is 0.159. The topological polar surface area (TPSA) is 169 Å². The molecule has 0 aliphatic heterocycles. The first-order chi connectivity index (χ1) is 14.6. The number of phenols is 1. The predicted molar refractivity (Wildman–Crippen MR) is 105 cm³/mol. The Kier molecular flexibility index (Phi) is 8.95. The Labute approximate surface area is 177 Å². The minimum absolute atomic E-state index is 0.0645. The SMILES string of the molecule is CCN(CC)C(=O)C(C#N)=Cc1cc(OC(=O)OC(C)C(=O)OC)c(O)c([N+](=O)[O-])c1. The molecule has 1 atom stereocenters. The molecule has 1 aromatic carbocycles. The molecule has 31 heavy (non-hydrogen) atoms. The van der Waals surface area contributed by atoms with Gasteiger partial charge in [-0.25, -0.2) is 9.59 Å². The van der Waals surface area contributed by atoms with E-state index in [1.807, 2.05) is 0 Å². The van der Waals surface area contributed by atoms with Gasteiger partial charge in [0.1, 0.15) is 11.6 Å². The first-order valence-corrected chi connectivity index (χ1v) is 8.98. The van der Waals surface area contributed by atoms with Gasteiger partial charge in [0, 0.05) is 19.2 Å². The Morgan fingerprint density at radius 1 is 1.32 bits per heavy atom. The zero-order valence-corrected chi connectivity index (χ0v) is 17.3. The highest BCUT2D eigenvalue weighted by atomic mass is 16.7. The van der Waals surface area contributed by atoms with Gasteiger partial charge in [-0.2, -0.15) is 5.26 Å². The first-order valence-electron chi connectivity index (χ1n) is 8.98. The molecular weight excluding hydrogens is 414 g/mol. The molecule has 12 heteroatoms. The molecule has 0 radical (unpaired) electrons. The van der Waals surface area contributed by atoms with E-state index in [-0.39, 0.29) is 11.1 Å². The minimum Gasteiger partial charge on any atom is -0.499 e. The molecule has 1 unspecified atom stereocenters. The van der Waals surface area contributed by atoms with Crippen LogP contribution in [0, 0.1) is 21.4 Å². The summed E-state index contributed by atoms with van der Waals surface area (Å²) in [5.74, 6) is -3.14. The molecule has 1 N–H and O–H groups in total. The smallest absolute Gasteiger partial charge is 0.499 e. The van der Waals surface area contributed by atoms with Crippen LogP contribution in [-0.4, -0.2) is 59.3 Å². The Hall–Kier alpha value is -4.14. The summed E-state index contributed by atoms with van der Waals surface area (Å²) in [5, 5.41) is 30.6. The summed E-state index contributed by atoms with van der Waals surface area (Å²) in [5.41, 5.74) is -1.23. The Bertz CT molecular complexity index is 946. The number of rotatable bonds is 8. The highest BCUT2D eigenvalue weighted by Gasteiger charge is 2.25. The van der Waals surface area contributed by atoms with Gasteiger partial charge < -0.3 is 24.2 Å². The van der Waals surface area contributed by atoms with Crippen LogP contribution in [0.15, 0.2) is 17.7 Å². The zero-order valence-electron chi connectivity index (χ0n) is 17.3. The van der Waals surface area contributed by atoms with Gasteiger partial charge in [-0.15, -0.1) is 0 Å². The summed E-state index contributed by atoms with van der Waals surface area (Å²) >= 11 is 0. The van der Waals surface area contributed by atoms with E-state index < -0.39 is 46.2 Å². The number of methoxy groups -OCH3 is 1. The molecule has 0 saturated carbocycles. The lowest BCUT2D eigenvalue weighted by molar-refractivity contribution is -0.385. The van der Waals surface area contributed by atoms with Gasteiger partial charge in [-0.1, -0.05) is 0 Å². The highest BCUT2D eigenvalue weighted by molar-refractivity contribution is 6.01. The fourth-order valence-corrected chi connectivity index (χ4v) is 2.38. The number of hydrogen-bond donors (Lipinski definition) is 1. The fourth-order valence-electron chi connectivity index (χ4n) is 2.38. The van der Waals surface area contributed by atoms with Crippen molar-refractivity contribution in [2.24, 2.45) is 0 Å². The normalized spacial score (nSPS) is 11.6. The molecule has 1 amide bonds. The lowest BCUT2D eigenvalue weighted by Crippen LogP contribution is -2.31. The lowest BCUT2D eigenvalue weighted by atomic mass is 10.1. The van der Waals surface area contributed by atoms with E-state index in [0.29, 0.717) is 13.1 Å². The third-order valence-corrected chi connectivity index (χ3v) is 3.99. The Morgan fingerprint density at radius 3 is 2.42 bits per heavy atom. The number of nitro benzene ring substituents is 1. The lowest BCUT2D eigenvalue weighted by Gasteiger charge is -2.17. The van der Waals surface area contributed by atoms with E-state index >= 15 is 0 Å². The third kappa shape index (κ3) is 6.43. The van der Waals surface area contributed by atoms with Crippen LogP contribution in [0.4, 0.5) is 10.5 Å². The second-order valence-corrected chi connectivity index (χ2v) is 5.93. The van der Waals surface area contributed by atoms with Gasteiger partial charge in [0.2, 0.25) is 5.75 Å².